The van der Waals surface area contributed by atoms with Gasteiger partial charge in [0.15, 0.2) is 0 Å². The average molecular weight is 438 g/mol. The first-order chi connectivity index (χ1) is 15.2. The standard InChI is InChI=1S/C26H31NO5/c1-6-32-20-9-7-8-18(16-20)23(28)21-22(27(14-15-31-5)25(30)24(21)29)17-10-12-19(13-11-17)26(2,3)4/h7-13,16,22,28H,6,14-15H2,1-5H3/b23-21-. The maximum atomic E-state index is 13.0. The minimum atomic E-state index is -0.703. The molecular formula is C26H31NO5. The Morgan fingerprint density at radius 2 is 1.78 bits per heavy atom. The summed E-state index contributed by atoms with van der Waals surface area (Å²) in [6.45, 7) is 9.24. The number of likely N-dealkylation sites (tertiary alicyclic amines) is 1. The van der Waals surface area contributed by atoms with Crippen LogP contribution in [-0.4, -0.2) is 48.6 Å². The Labute approximate surface area is 189 Å². The number of hydrogen-bond donors (Lipinski definition) is 1. The molecule has 1 heterocycles. The minimum Gasteiger partial charge on any atom is -0.507 e. The van der Waals surface area contributed by atoms with Crippen molar-refractivity contribution in [2.75, 3.05) is 26.9 Å². The number of aliphatic hydroxyl groups is 1. The highest BCUT2D eigenvalue weighted by molar-refractivity contribution is 6.46. The van der Waals surface area contributed by atoms with Crippen LogP contribution >= 0.6 is 0 Å². The second-order valence-electron chi connectivity index (χ2n) is 8.82. The largest absolute Gasteiger partial charge is 0.507 e. The highest BCUT2D eigenvalue weighted by atomic mass is 16.5. The van der Waals surface area contributed by atoms with Crippen LogP contribution in [0.3, 0.4) is 0 Å². The van der Waals surface area contributed by atoms with Crippen molar-refractivity contribution < 1.29 is 24.2 Å². The van der Waals surface area contributed by atoms with Gasteiger partial charge in [0.05, 0.1) is 24.8 Å². The first-order valence-electron chi connectivity index (χ1n) is 10.8. The number of carbonyl (C=O) groups is 2. The molecule has 1 aliphatic heterocycles. The van der Waals surface area contributed by atoms with Crippen LogP contribution in [0.25, 0.3) is 5.76 Å². The van der Waals surface area contributed by atoms with Crippen LogP contribution in [0.15, 0.2) is 54.1 Å². The number of benzene rings is 2. The van der Waals surface area contributed by atoms with Crippen LogP contribution < -0.4 is 4.74 Å². The molecule has 6 nitrogen and oxygen atoms in total. The summed E-state index contributed by atoms with van der Waals surface area (Å²) in [6.07, 6.45) is 0. The molecule has 1 amide bonds. The quantitative estimate of drug-likeness (QED) is 0.393. The number of methoxy groups -OCH3 is 1. The molecule has 1 fully saturated rings. The normalized spacial score (nSPS) is 18.3. The molecule has 3 rings (SSSR count). The molecule has 32 heavy (non-hydrogen) atoms. The van der Waals surface area contributed by atoms with Crippen LogP contribution in [0.4, 0.5) is 0 Å². The van der Waals surface area contributed by atoms with Crippen molar-refractivity contribution in [2.24, 2.45) is 0 Å². The van der Waals surface area contributed by atoms with Crippen molar-refractivity contribution in [3.05, 3.63) is 70.8 Å². The zero-order valence-electron chi connectivity index (χ0n) is 19.3. The van der Waals surface area contributed by atoms with Crippen molar-refractivity contribution in [3.63, 3.8) is 0 Å². The van der Waals surface area contributed by atoms with E-state index in [1.165, 1.54) is 4.90 Å². The van der Waals surface area contributed by atoms with Crippen LogP contribution in [0.1, 0.15) is 50.4 Å². The Morgan fingerprint density at radius 1 is 1.09 bits per heavy atom. The van der Waals surface area contributed by atoms with Crippen molar-refractivity contribution in [1.29, 1.82) is 0 Å². The molecule has 2 aromatic carbocycles. The molecule has 1 unspecified atom stereocenters. The summed E-state index contributed by atoms with van der Waals surface area (Å²) in [5, 5.41) is 11.2. The number of amides is 1. The third-order valence-electron chi connectivity index (χ3n) is 5.59. The molecule has 1 N–H and O–H groups in total. The van der Waals surface area contributed by atoms with E-state index in [-0.39, 0.29) is 29.9 Å². The third-order valence-corrected chi connectivity index (χ3v) is 5.59. The van der Waals surface area contributed by atoms with Gasteiger partial charge in [-0.3, -0.25) is 9.59 Å². The predicted octanol–water partition coefficient (Wildman–Crippen LogP) is 4.45. The molecular weight excluding hydrogens is 406 g/mol. The molecule has 1 saturated heterocycles. The molecule has 0 saturated carbocycles. The Kier molecular flexibility index (Phi) is 7.04. The third kappa shape index (κ3) is 4.70. The number of ketones is 1. The summed E-state index contributed by atoms with van der Waals surface area (Å²) in [4.78, 5) is 27.4. The van der Waals surface area contributed by atoms with E-state index >= 15 is 0 Å². The zero-order chi connectivity index (χ0) is 23.5. The summed E-state index contributed by atoms with van der Waals surface area (Å²) in [6, 6.07) is 14.0. The van der Waals surface area contributed by atoms with E-state index in [0.29, 0.717) is 17.9 Å². The van der Waals surface area contributed by atoms with Gasteiger partial charge in [-0.25, -0.2) is 0 Å². The van der Waals surface area contributed by atoms with Crippen molar-refractivity contribution in [3.8, 4) is 5.75 Å². The molecule has 6 heteroatoms. The molecule has 0 aromatic heterocycles. The number of ether oxygens (including phenoxy) is 2. The number of rotatable bonds is 7. The molecule has 1 atom stereocenters. The van der Waals surface area contributed by atoms with Gasteiger partial charge in [0.1, 0.15) is 11.5 Å². The maximum absolute atomic E-state index is 13.0. The zero-order valence-corrected chi connectivity index (χ0v) is 19.3. The number of carbonyl (C=O) groups excluding carboxylic acids is 2. The van der Waals surface area contributed by atoms with Gasteiger partial charge in [-0.05, 0) is 35.6 Å². The SMILES string of the molecule is CCOc1cccc(/C(O)=C2/C(=O)C(=O)N(CCOC)C2c2ccc(C(C)(C)C)cc2)c1. The predicted molar refractivity (Wildman–Crippen MR) is 124 cm³/mol. The van der Waals surface area contributed by atoms with Gasteiger partial charge in [-0.1, -0.05) is 57.2 Å². The van der Waals surface area contributed by atoms with E-state index in [1.54, 1.807) is 31.4 Å². The van der Waals surface area contributed by atoms with Crippen LogP contribution in [0, 0.1) is 0 Å². The molecule has 1 aliphatic rings. The number of aliphatic hydroxyl groups excluding tert-OH is 1. The van der Waals surface area contributed by atoms with Gasteiger partial charge in [0, 0.05) is 19.2 Å². The molecule has 0 radical (unpaired) electrons. The highest BCUT2D eigenvalue weighted by Gasteiger charge is 2.45. The van der Waals surface area contributed by atoms with E-state index in [2.05, 4.69) is 20.8 Å². The van der Waals surface area contributed by atoms with E-state index in [9.17, 15) is 14.7 Å². The topological polar surface area (TPSA) is 76.1 Å². The summed E-state index contributed by atoms with van der Waals surface area (Å²) in [5.41, 5.74) is 2.37. The highest BCUT2D eigenvalue weighted by Crippen LogP contribution is 2.40. The second-order valence-corrected chi connectivity index (χ2v) is 8.82. The van der Waals surface area contributed by atoms with Gasteiger partial charge in [-0.2, -0.15) is 0 Å². The average Bonchev–Trinajstić information content (AvgIpc) is 3.02. The van der Waals surface area contributed by atoms with Crippen LogP contribution in [-0.2, 0) is 19.7 Å². The smallest absolute Gasteiger partial charge is 0.295 e. The summed E-state index contributed by atoms with van der Waals surface area (Å²) < 4.78 is 10.7. The van der Waals surface area contributed by atoms with Crippen molar-refractivity contribution in [1.82, 2.24) is 4.90 Å². The van der Waals surface area contributed by atoms with Gasteiger partial charge < -0.3 is 19.5 Å². The molecule has 0 aliphatic carbocycles. The van der Waals surface area contributed by atoms with Gasteiger partial charge >= 0.3 is 0 Å². The monoisotopic (exact) mass is 437 g/mol. The van der Waals surface area contributed by atoms with Crippen molar-refractivity contribution >= 4 is 17.4 Å². The fourth-order valence-corrected chi connectivity index (χ4v) is 3.87. The Morgan fingerprint density at radius 3 is 2.38 bits per heavy atom. The second kappa shape index (κ2) is 9.57. The van der Waals surface area contributed by atoms with Gasteiger partial charge in [0.25, 0.3) is 11.7 Å². The van der Waals surface area contributed by atoms with Crippen molar-refractivity contribution in [2.45, 2.75) is 39.2 Å². The lowest BCUT2D eigenvalue weighted by Crippen LogP contribution is -2.32. The summed E-state index contributed by atoms with van der Waals surface area (Å²) in [5.74, 6) is -0.981. The Hall–Kier alpha value is -3.12. The molecule has 170 valence electrons. The Bertz CT molecular complexity index is 1020. The fraction of sp³-hybridized carbons (Fsp3) is 0.385. The van der Waals surface area contributed by atoms with Crippen LogP contribution in [0.2, 0.25) is 0 Å². The van der Waals surface area contributed by atoms with Gasteiger partial charge in [-0.15, -0.1) is 0 Å². The maximum Gasteiger partial charge on any atom is 0.295 e. The minimum absolute atomic E-state index is 0.0316. The molecule has 2 aromatic rings. The Balaban J connectivity index is 2.13. The first kappa shape index (κ1) is 23.5. The lowest BCUT2D eigenvalue weighted by atomic mass is 9.85. The lowest BCUT2D eigenvalue weighted by molar-refractivity contribution is -0.140. The van der Waals surface area contributed by atoms with Gasteiger partial charge in [0.2, 0.25) is 0 Å². The number of nitrogens with zero attached hydrogens (tertiary/aromatic N) is 1. The molecule has 0 spiro atoms. The van der Waals surface area contributed by atoms with E-state index in [1.807, 2.05) is 31.2 Å². The molecule has 0 bridgehead atoms. The first-order valence-corrected chi connectivity index (χ1v) is 10.8. The van der Waals surface area contributed by atoms with E-state index in [4.69, 9.17) is 9.47 Å². The number of Topliss-reactive ketones (excluding diaryl/α,β-unsaturated/α-hetero) is 1. The number of hydrogen-bond acceptors (Lipinski definition) is 5. The lowest BCUT2D eigenvalue weighted by Gasteiger charge is -2.26. The van der Waals surface area contributed by atoms with Crippen LogP contribution in [0.5, 0.6) is 5.75 Å². The fourth-order valence-electron chi connectivity index (χ4n) is 3.87. The van der Waals surface area contributed by atoms with E-state index in [0.717, 1.165) is 11.1 Å². The summed E-state index contributed by atoms with van der Waals surface area (Å²) >= 11 is 0. The summed E-state index contributed by atoms with van der Waals surface area (Å²) in [7, 11) is 1.54. The van der Waals surface area contributed by atoms with E-state index < -0.39 is 17.7 Å².